The van der Waals surface area contributed by atoms with E-state index >= 15 is 0 Å². The summed E-state index contributed by atoms with van der Waals surface area (Å²) in [7, 11) is -1.07. The van der Waals surface area contributed by atoms with Gasteiger partial charge in [0.2, 0.25) is 5.16 Å². The van der Waals surface area contributed by atoms with E-state index in [1.54, 1.807) is 0 Å². The van der Waals surface area contributed by atoms with Gasteiger partial charge in [-0.15, -0.1) is 0 Å². The molecule has 0 radical (unpaired) electrons. The highest BCUT2D eigenvalue weighted by molar-refractivity contribution is 7.99. The number of fused-ring (bicyclic) bond motifs is 6. The maximum absolute atomic E-state index is 12.6. The zero-order valence-electron chi connectivity index (χ0n) is 20.0. The van der Waals surface area contributed by atoms with E-state index in [0.717, 1.165) is 40.4 Å². The molecule has 0 bridgehead atoms. The van der Waals surface area contributed by atoms with Crippen molar-refractivity contribution in [3.05, 3.63) is 120 Å². The SMILES string of the molecule is O=S1c2nc3ccccc3n2CC1c1ccccc1.c1ccc(C2Cn3c(nc4ccccc43)S2)cc1. The largest absolute Gasteiger partial charge is 0.317 e. The van der Waals surface area contributed by atoms with Crippen molar-refractivity contribution in [1.29, 1.82) is 0 Å². The Kier molecular flexibility index (Phi) is 5.67. The molecule has 8 rings (SSSR count). The first-order valence-corrected chi connectivity index (χ1v) is 14.4. The first-order valence-electron chi connectivity index (χ1n) is 12.3. The number of hydrogen-bond donors (Lipinski definition) is 0. The molecule has 0 saturated heterocycles. The quantitative estimate of drug-likeness (QED) is 0.252. The summed E-state index contributed by atoms with van der Waals surface area (Å²) >= 11 is 1.87. The van der Waals surface area contributed by atoms with Crippen LogP contribution in [0.3, 0.4) is 0 Å². The van der Waals surface area contributed by atoms with Crippen molar-refractivity contribution < 1.29 is 4.21 Å². The van der Waals surface area contributed by atoms with Crippen molar-refractivity contribution in [1.82, 2.24) is 19.1 Å². The lowest BCUT2D eigenvalue weighted by Crippen LogP contribution is -2.03. The van der Waals surface area contributed by atoms with Gasteiger partial charge in [-0.1, -0.05) is 96.7 Å². The average molecular weight is 521 g/mol. The number of hydrogen-bond acceptors (Lipinski definition) is 4. The molecule has 7 heteroatoms. The van der Waals surface area contributed by atoms with Crippen LogP contribution < -0.4 is 0 Å². The minimum absolute atomic E-state index is 0.0216. The zero-order chi connectivity index (χ0) is 24.8. The smallest absolute Gasteiger partial charge is 0.200 e. The second kappa shape index (κ2) is 9.32. The number of nitrogens with zero attached hydrogens (tertiary/aromatic N) is 4. The molecule has 4 heterocycles. The molecule has 2 aliphatic heterocycles. The van der Waals surface area contributed by atoms with Crippen LogP contribution in [0, 0.1) is 0 Å². The molecular weight excluding hydrogens is 496 g/mol. The molecule has 0 fully saturated rings. The second-order valence-corrected chi connectivity index (χ2v) is 11.9. The van der Waals surface area contributed by atoms with E-state index in [1.165, 1.54) is 11.1 Å². The van der Waals surface area contributed by atoms with E-state index in [-0.39, 0.29) is 5.25 Å². The minimum atomic E-state index is -1.07. The van der Waals surface area contributed by atoms with Gasteiger partial charge >= 0.3 is 0 Å². The summed E-state index contributed by atoms with van der Waals surface area (Å²) in [5.41, 5.74) is 6.86. The summed E-state index contributed by atoms with van der Waals surface area (Å²) in [6.45, 7) is 1.76. The molecule has 6 aromatic rings. The molecule has 37 heavy (non-hydrogen) atoms. The molecule has 0 aliphatic carbocycles. The second-order valence-electron chi connectivity index (χ2n) is 9.20. The summed E-state index contributed by atoms with van der Waals surface area (Å²) < 4.78 is 17.0. The molecule has 4 aromatic carbocycles. The number of aromatic nitrogens is 4. The van der Waals surface area contributed by atoms with Crippen LogP contribution in [0.25, 0.3) is 22.1 Å². The molecular formula is C30H24N4OS2. The summed E-state index contributed by atoms with van der Waals surface area (Å²) in [6.07, 6.45) is 0. The van der Waals surface area contributed by atoms with Crippen LogP contribution in [0.2, 0.25) is 0 Å². The number of rotatable bonds is 2. The van der Waals surface area contributed by atoms with E-state index in [2.05, 4.69) is 62.6 Å². The summed E-state index contributed by atoms with van der Waals surface area (Å²) in [5, 5.41) is 2.37. The Balaban J connectivity index is 0.000000125. The highest BCUT2D eigenvalue weighted by atomic mass is 32.2. The third-order valence-electron chi connectivity index (χ3n) is 6.96. The van der Waals surface area contributed by atoms with Crippen LogP contribution in [0.4, 0.5) is 0 Å². The van der Waals surface area contributed by atoms with Gasteiger partial charge in [0.1, 0.15) is 0 Å². The predicted molar refractivity (Wildman–Crippen MR) is 150 cm³/mol. The summed E-state index contributed by atoms with van der Waals surface area (Å²) in [4.78, 5) is 9.21. The highest BCUT2D eigenvalue weighted by Crippen LogP contribution is 2.43. The fourth-order valence-corrected chi connectivity index (χ4v) is 7.88. The molecule has 0 spiro atoms. The van der Waals surface area contributed by atoms with Crippen molar-refractivity contribution in [2.45, 2.75) is 33.9 Å². The van der Waals surface area contributed by atoms with E-state index < -0.39 is 10.8 Å². The summed E-state index contributed by atoms with van der Waals surface area (Å²) in [6, 6.07) is 37.0. The zero-order valence-corrected chi connectivity index (χ0v) is 21.6. The average Bonchev–Trinajstić information content (AvgIpc) is 3.70. The van der Waals surface area contributed by atoms with Gasteiger partial charge in [-0.3, -0.25) is 4.21 Å². The molecule has 3 atom stereocenters. The highest BCUT2D eigenvalue weighted by Gasteiger charge is 2.33. The Hall–Kier alpha value is -3.68. The van der Waals surface area contributed by atoms with Crippen LogP contribution in [0.5, 0.6) is 0 Å². The van der Waals surface area contributed by atoms with Gasteiger partial charge in [0.15, 0.2) is 5.16 Å². The molecule has 0 N–H and O–H groups in total. The number of para-hydroxylation sites is 4. The third kappa shape index (κ3) is 3.99. The van der Waals surface area contributed by atoms with Crippen LogP contribution in [0.15, 0.2) is 120 Å². The number of imidazole rings is 2. The van der Waals surface area contributed by atoms with Crippen LogP contribution in [-0.2, 0) is 23.9 Å². The lowest BCUT2D eigenvalue weighted by Gasteiger charge is -2.08. The van der Waals surface area contributed by atoms with Crippen molar-refractivity contribution in [3.63, 3.8) is 0 Å². The van der Waals surface area contributed by atoms with Gasteiger partial charge in [0, 0.05) is 13.1 Å². The van der Waals surface area contributed by atoms with E-state index in [1.807, 2.05) is 72.4 Å². The van der Waals surface area contributed by atoms with Crippen molar-refractivity contribution in [2.24, 2.45) is 0 Å². The molecule has 0 amide bonds. The lowest BCUT2D eigenvalue weighted by molar-refractivity contribution is 0.672. The predicted octanol–water partition coefficient (Wildman–Crippen LogP) is 6.78. The minimum Gasteiger partial charge on any atom is -0.317 e. The summed E-state index contributed by atoms with van der Waals surface area (Å²) in [5.74, 6) is 0. The molecule has 3 unspecified atom stereocenters. The van der Waals surface area contributed by atoms with E-state index in [4.69, 9.17) is 4.98 Å². The normalized spacial score (nSPS) is 19.9. The number of benzene rings is 4. The fourth-order valence-electron chi connectivity index (χ4n) is 5.13. The Morgan fingerprint density at radius 3 is 1.92 bits per heavy atom. The Morgan fingerprint density at radius 1 is 0.649 bits per heavy atom. The third-order valence-corrected chi connectivity index (χ3v) is 9.80. The monoisotopic (exact) mass is 520 g/mol. The van der Waals surface area contributed by atoms with Gasteiger partial charge in [-0.05, 0) is 35.4 Å². The lowest BCUT2D eigenvalue weighted by atomic mass is 10.1. The molecule has 5 nitrogen and oxygen atoms in total. The maximum Gasteiger partial charge on any atom is 0.200 e. The molecule has 182 valence electrons. The van der Waals surface area contributed by atoms with Crippen molar-refractivity contribution in [2.75, 3.05) is 0 Å². The topological polar surface area (TPSA) is 52.7 Å². The van der Waals surface area contributed by atoms with Gasteiger partial charge in [0.05, 0.1) is 43.4 Å². The van der Waals surface area contributed by atoms with Crippen LogP contribution in [0.1, 0.15) is 21.6 Å². The fraction of sp³-hybridized carbons (Fsp3) is 0.133. The molecule has 0 saturated carbocycles. The van der Waals surface area contributed by atoms with Gasteiger partial charge in [-0.2, -0.15) is 0 Å². The Bertz CT molecular complexity index is 1740. The van der Waals surface area contributed by atoms with Gasteiger partial charge < -0.3 is 9.13 Å². The maximum atomic E-state index is 12.6. The van der Waals surface area contributed by atoms with Crippen LogP contribution in [-0.4, -0.2) is 23.3 Å². The van der Waals surface area contributed by atoms with Crippen LogP contribution >= 0.6 is 11.8 Å². The first-order chi connectivity index (χ1) is 18.3. The molecule has 2 aromatic heterocycles. The van der Waals surface area contributed by atoms with Crippen molar-refractivity contribution in [3.8, 4) is 0 Å². The first kappa shape index (κ1) is 22.5. The van der Waals surface area contributed by atoms with Crippen molar-refractivity contribution >= 4 is 44.6 Å². The van der Waals surface area contributed by atoms with Gasteiger partial charge in [-0.25, -0.2) is 9.97 Å². The number of thioether (sulfide) groups is 1. The molecule has 2 aliphatic rings. The Labute approximate surface area is 221 Å². The Morgan fingerprint density at radius 2 is 1.22 bits per heavy atom. The standard InChI is InChI=1S/C15H12N2OS.C15H12N2S/c18-19-14(11-6-2-1-3-7-11)10-17-13-9-5-4-8-12(13)16-15(17)19;1-2-6-11(7-3-1)14-10-17-13-9-5-4-8-12(13)16-15(17)18-14/h1-9,14H,10H2;1-9,14H,10H2. The van der Waals surface area contributed by atoms with E-state index in [9.17, 15) is 4.21 Å². The van der Waals surface area contributed by atoms with E-state index in [0.29, 0.717) is 10.4 Å². The van der Waals surface area contributed by atoms with Gasteiger partial charge in [0.25, 0.3) is 0 Å².